The van der Waals surface area contributed by atoms with E-state index in [1.807, 2.05) is 0 Å². The lowest BCUT2D eigenvalue weighted by atomic mass is 10.2. The van der Waals surface area contributed by atoms with Crippen LogP contribution in [0.25, 0.3) is 0 Å². The molecule has 0 aromatic heterocycles. The lowest BCUT2D eigenvalue weighted by Gasteiger charge is -2.17. The van der Waals surface area contributed by atoms with Gasteiger partial charge in [-0.25, -0.2) is 8.42 Å². The predicted molar refractivity (Wildman–Crippen MR) is 107 cm³/mol. The van der Waals surface area contributed by atoms with Crippen molar-refractivity contribution in [3.05, 3.63) is 28.2 Å². The highest BCUT2D eigenvalue weighted by Gasteiger charge is 2.28. The first-order valence-electron chi connectivity index (χ1n) is 7.20. The summed E-state index contributed by atoms with van der Waals surface area (Å²) in [6, 6.07) is 4.52. The summed E-state index contributed by atoms with van der Waals surface area (Å²) in [5.74, 6) is 0.684. The summed E-state index contributed by atoms with van der Waals surface area (Å²) in [4.78, 5) is 4.03. The molecule has 1 heterocycles. The van der Waals surface area contributed by atoms with Crippen LogP contribution in [0.3, 0.4) is 0 Å². The monoisotopic (exact) mass is 553 g/mol. The van der Waals surface area contributed by atoms with Gasteiger partial charge in [-0.3, -0.25) is 4.99 Å². The number of aliphatic imine (C=N–C) groups is 1. The highest BCUT2D eigenvalue weighted by atomic mass is 127. The maximum Gasteiger partial charge on any atom is 0.387 e. The van der Waals surface area contributed by atoms with Crippen LogP contribution < -0.4 is 15.4 Å². The molecular weight excluding hydrogens is 535 g/mol. The number of guanidine groups is 1. The number of rotatable bonds is 5. The quantitative estimate of drug-likeness (QED) is 0.333. The molecule has 0 spiro atoms. The van der Waals surface area contributed by atoms with E-state index in [0.717, 1.165) is 4.47 Å². The highest BCUT2D eigenvalue weighted by Crippen LogP contribution is 2.24. The van der Waals surface area contributed by atoms with Gasteiger partial charge < -0.3 is 15.4 Å². The molecule has 25 heavy (non-hydrogen) atoms. The van der Waals surface area contributed by atoms with Crippen LogP contribution in [0.2, 0.25) is 0 Å². The summed E-state index contributed by atoms with van der Waals surface area (Å²) in [6.45, 7) is -2.72. The average molecular weight is 554 g/mol. The second kappa shape index (κ2) is 9.86. The van der Waals surface area contributed by atoms with Gasteiger partial charge in [0.25, 0.3) is 0 Å². The zero-order valence-electron chi connectivity index (χ0n) is 13.3. The molecule has 0 bridgehead atoms. The first-order chi connectivity index (χ1) is 11.3. The Bertz CT molecular complexity index is 719. The van der Waals surface area contributed by atoms with Crippen LogP contribution in [-0.2, 0) is 16.4 Å². The first kappa shape index (κ1) is 22.4. The Morgan fingerprint density at radius 2 is 2.20 bits per heavy atom. The smallest absolute Gasteiger partial charge is 0.387 e. The van der Waals surface area contributed by atoms with E-state index < -0.39 is 16.4 Å². The fourth-order valence-corrected chi connectivity index (χ4v) is 4.45. The van der Waals surface area contributed by atoms with Crippen molar-refractivity contribution in [2.24, 2.45) is 4.99 Å². The Labute approximate surface area is 170 Å². The minimum absolute atomic E-state index is 0. The van der Waals surface area contributed by atoms with E-state index >= 15 is 0 Å². The third-order valence-electron chi connectivity index (χ3n) is 3.48. The molecule has 1 aromatic carbocycles. The van der Waals surface area contributed by atoms with Gasteiger partial charge in [0.1, 0.15) is 5.75 Å². The Hall–Kier alpha value is -0.690. The lowest BCUT2D eigenvalue weighted by Crippen LogP contribution is -2.43. The van der Waals surface area contributed by atoms with E-state index in [-0.39, 0.29) is 53.8 Å². The molecule has 0 radical (unpaired) electrons. The normalized spacial score (nSPS) is 19.4. The zero-order chi connectivity index (χ0) is 17.7. The highest BCUT2D eigenvalue weighted by molar-refractivity contribution is 14.0. The summed E-state index contributed by atoms with van der Waals surface area (Å²) in [6.07, 6.45) is 0.514. The second-order valence-electron chi connectivity index (χ2n) is 5.30. The van der Waals surface area contributed by atoms with Gasteiger partial charge in [0.2, 0.25) is 0 Å². The van der Waals surface area contributed by atoms with E-state index in [1.54, 1.807) is 19.2 Å². The molecule has 142 valence electrons. The van der Waals surface area contributed by atoms with Crippen LogP contribution >= 0.6 is 39.9 Å². The SMILES string of the molecule is CN=C(NCc1cc(Br)ccc1OC(F)F)NC1CCS(=O)(=O)C1.I. The van der Waals surface area contributed by atoms with Gasteiger partial charge in [0.05, 0.1) is 11.5 Å². The molecule has 0 saturated carbocycles. The largest absolute Gasteiger partial charge is 0.434 e. The van der Waals surface area contributed by atoms with Gasteiger partial charge in [0, 0.05) is 29.7 Å². The third-order valence-corrected chi connectivity index (χ3v) is 5.74. The summed E-state index contributed by atoms with van der Waals surface area (Å²) >= 11 is 3.29. The van der Waals surface area contributed by atoms with Gasteiger partial charge >= 0.3 is 6.61 Å². The molecule has 6 nitrogen and oxygen atoms in total. The molecule has 1 unspecified atom stereocenters. The number of hydrogen-bond acceptors (Lipinski definition) is 4. The van der Waals surface area contributed by atoms with Gasteiger partial charge in [-0.05, 0) is 24.6 Å². The van der Waals surface area contributed by atoms with Gasteiger partial charge in [0.15, 0.2) is 15.8 Å². The number of nitrogens with zero attached hydrogens (tertiary/aromatic N) is 1. The van der Waals surface area contributed by atoms with E-state index in [1.165, 1.54) is 6.07 Å². The summed E-state index contributed by atoms with van der Waals surface area (Å²) < 4.78 is 53.1. The second-order valence-corrected chi connectivity index (χ2v) is 8.45. The Balaban J connectivity index is 0.00000312. The number of sulfone groups is 1. The fourth-order valence-electron chi connectivity index (χ4n) is 2.37. The number of ether oxygens (including phenoxy) is 1. The number of alkyl halides is 2. The number of hydrogen-bond donors (Lipinski definition) is 2. The molecule has 1 atom stereocenters. The van der Waals surface area contributed by atoms with Crippen molar-refractivity contribution in [2.75, 3.05) is 18.6 Å². The van der Waals surface area contributed by atoms with Crippen LogP contribution in [0.15, 0.2) is 27.7 Å². The predicted octanol–water partition coefficient (Wildman–Crippen LogP) is 2.52. The van der Waals surface area contributed by atoms with Gasteiger partial charge in [-0.2, -0.15) is 8.78 Å². The minimum atomic E-state index is -3.00. The van der Waals surface area contributed by atoms with Crippen molar-refractivity contribution in [3.63, 3.8) is 0 Å². The van der Waals surface area contributed by atoms with E-state index in [2.05, 4.69) is 36.3 Å². The fraction of sp³-hybridized carbons (Fsp3) is 0.500. The van der Waals surface area contributed by atoms with E-state index in [4.69, 9.17) is 0 Å². The molecule has 1 fully saturated rings. The minimum Gasteiger partial charge on any atom is -0.434 e. The Morgan fingerprint density at radius 3 is 2.76 bits per heavy atom. The third kappa shape index (κ3) is 7.21. The summed E-state index contributed by atoms with van der Waals surface area (Å²) in [7, 11) is -1.45. The van der Waals surface area contributed by atoms with Crippen molar-refractivity contribution in [3.8, 4) is 5.75 Å². The zero-order valence-corrected chi connectivity index (χ0v) is 18.1. The molecule has 0 aliphatic carbocycles. The van der Waals surface area contributed by atoms with Crippen molar-refractivity contribution in [2.45, 2.75) is 25.6 Å². The molecule has 0 amide bonds. The van der Waals surface area contributed by atoms with Gasteiger partial charge in [-0.1, -0.05) is 15.9 Å². The first-order valence-corrected chi connectivity index (χ1v) is 9.81. The molecule has 1 aromatic rings. The van der Waals surface area contributed by atoms with Crippen LogP contribution in [0.4, 0.5) is 8.78 Å². The van der Waals surface area contributed by atoms with Crippen LogP contribution in [-0.4, -0.2) is 45.6 Å². The molecule has 11 heteroatoms. The van der Waals surface area contributed by atoms with E-state index in [0.29, 0.717) is 17.9 Å². The standard InChI is InChI=1S/C14H18BrF2N3O3S.HI/c1-18-14(20-11-4-5-24(21,22)8-11)19-7-9-6-10(15)2-3-12(9)23-13(16)17;/h2-3,6,11,13H,4-5,7-8H2,1H3,(H2,18,19,20);1H. The lowest BCUT2D eigenvalue weighted by molar-refractivity contribution is -0.0504. The van der Waals surface area contributed by atoms with E-state index in [9.17, 15) is 17.2 Å². The Morgan fingerprint density at radius 1 is 1.48 bits per heavy atom. The van der Waals surface area contributed by atoms with Crippen LogP contribution in [0.1, 0.15) is 12.0 Å². The van der Waals surface area contributed by atoms with Crippen LogP contribution in [0.5, 0.6) is 5.75 Å². The van der Waals surface area contributed by atoms with Crippen molar-refractivity contribution < 1.29 is 21.9 Å². The molecular formula is C14H19BrF2IN3O3S. The molecule has 2 rings (SSSR count). The molecule has 1 saturated heterocycles. The number of benzene rings is 1. The topological polar surface area (TPSA) is 79.8 Å². The van der Waals surface area contributed by atoms with Gasteiger partial charge in [-0.15, -0.1) is 24.0 Å². The number of halogens is 4. The summed E-state index contributed by atoms with van der Waals surface area (Å²) in [5, 5.41) is 6.00. The molecule has 1 aliphatic rings. The van der Waals surface area contributed by atoms with Crippen molar-refractivity contribution >= 4 is 55.7 Å². The number of nitrogens with one attached hydrogen (secondary N) is 2. The molecule has 2 N–H and O–H groups in total. The average Bonchev–Trinajstić information content (AvgIpc) is 2.84. The maximum absolute atomic E-state index is 12.5. The Kier molecular flexibility index (Phi) is 8.81. The molecule has 1 aliphatic heterocycles. The van der Waals surface area contributed by atoms with Crippen LogP contribution in [0, 0.1) is 0 Å². The summed E-state index contributed by atoms with van der Waals surface area (Å²) in [5.41, 5.74) is 0.520. The van der Waals surface area contributed by atoms with Crippen molar-refractivity contribution in [1.82, 2.24) is 10.6 Å². The maximum atomic E-state index is 12.5. The van der Waals surface area contributed by atoms with Crippen molar-refractivity contribution in [1.29, 1.82) is 0 Å².